The molecule has 1 aliphatic rings. The highest BCUT2D eigenvalue weighted by molar-refractivity contribution is 6.35. The summed E-state index contributed by atoms with van der Waals surface area (Å²) in [5.74, 6) is -1.26. The fourth-order valence-corrected chi connectivity index (χ4v) is 3.53. The van der Waals surface area contributed by atoms with Gasteiger partial charge in [-0.05, 0) is 23.8 Å². The molecule has 0 aliphatic carbocycles. The predicted octanol–water partition coefficient (Wildman–Crippen LogP) is -0.464. The molecule has 160 valence electrons. The van der Waals surface area contributed by atoms with E-state index in [9.17, 15) is 9.59 Å². The summed E-state index contributed by atoms with van der Waals surface area (Å²) in [5.41, 5.74) is 3.09. The number of rotatable bonds is 7. The molecule has 3 N–H and O–H groups in total. The van der Waals surface area contributed by atoms with Crippen molar-refractivity contribution in [3.8, 4) is 0 Å². The molecule has 0 radical (unpaired) electrons. The highest BCUT2D eigenvalue weighted by Gasteiger charge is 2.27. The lowest BCUT2D eigenvalue weighted by Crippen LogP contribution is -3.15. The Bertz CT molecular complexity index is 820. The van der Waals surface area contributed by atoms with Gasteiger partial charge in [0.2, 0.25) is 0 Å². The number of ether oxygens (including phenoxy) is 1. The standard InChI is InChI=1S/C22H29N5O3/c1-26(2)19-7-5-18(6-8-19)20(27-10-12-30-13-11-27)16-25-22(29)21(28)24-15-17-4-3-9-23-14-17/h3-9,14,20H,10-13,15-16H2,1-2H3,(H,24,28)(H,25,29)/p+1/t20-/m0/s1. The summed E-state index contributed by atoms with van der Waals surface area (Å²) >= 11 is 0. The molecule has 3 rings (SSSR count). The molecule has 1 saturated heterocycles. The second kappa shape index (κ2) is 10.7. The van der Waals surface area contributed by atoms with Crippen LogP contribution >= 0.6 is 0 Å². The van der Waals surface area contributed by atoms with Crippen LogP contribution < -0.4 is 20.4 Å². The van der Waals surface area contributed by atoms with Crippen molar-refractivity contribution in [2.75, 3.05) is 51.8 Å². The molecule has 1 aromatic carbocycles. The number of pyridine rings is 1. The SMILES string of the molecule is CN(C)c1ccc([C@H](CNC(=O)C(=O)NCc2cccnc2)[NH+]2CCOCC2)cc1. The molecule has 1 aliphatic heterocycles. The van der Waals surface area contributed by atoms with E-state index in [1.165, 1.54) is 4.90 Å². The second-order valence-electron chi connectivity index (χ2n) is 7.56. The maximum atomic E-state index is 12.3. The average molecular weight is 413 g/mol. The molecular formula is C22H30N5O3+. The van der Waals surface area contributed by atoms with E-state index in [2.05, 4.69) is 44.8 Å². The van der Waals surface area contributed by atoms with Crippen LogP contribution in [0.5, 0.6) is 0 Å². The first-order valence-corrected chi connectivity index (χ1v) is 10.2. The van der Waals surface area contributed by atoms with Crippen LogP contribution in [0.2, 0.25) is 0 Å². The third kappa shape index (κ3) is 6.01. The van der Waals surface area contributed by atoms with Gasteiger partial charge in [0.25, 0.3) is 0 Å². The second-order valence-corrected chi connectivity index (χ2v) is 7.56. The van der Waals surface area contributed by atoms with Crippen molar-refractivity contribution in [2.45, 2.75) is 12.6 Å². The quantitative estimate of drug-likeness (QED) is 0.536. The number of anilines is 1. The Morgan fingerprint density at radius 1 is 1.10 bits per heavy atom. The zero-order valence-corrected chi connectivity index (χ0v) is 17.6. The smallest absolute Gasteiger partial charge is 0.309 e. The van der Waals surface area contributed by atoms with Gasteiger partial charge in [0.1, 0.15) is 19.1 Å². The Balaban J connectivity index is 1.61. The first-order valence-electron chi connectivity index (χ1n) is 10.2. The van der Waals surface area contributed by atoms with Crippen LogP contribution in [0.4, 0.5) is 5.69 Å². The van der Waals surface area contributed by atoms with Gasteiger partial charge in [0.05, 0.1) is 19.8 Å². The van der Waals surface area contributed by atoms with Crippen LogP contribution in [-0.2, 0) is 20.9 Å². The number of aromatic nitrogens is 1. The van der Waals surface area contributed by atoms with Crippen molar-refractivity contribution in [1.82, 2.24) is 15.6 Å². The summed E-state index contributed by atoms with van der Waals surface area (Å²) < 4.78 is 5.49. The van der Waals surface area contributed by atoms with E-state index in [4.69, 9.17) is 4.74 Å². The fourth-order valence-electron chi connectivity index (χ4n) is 3.53. The van der Waals surface area contributed by atoms with Crippen LogP contribution in [0.25, 0.3) is 0 Å². The van der Waals surface area contributed by atoms with Gasteiger partial charge in [-0.3, -0.25) is 14.6 Å². The maximum absolute atomic E-state index is 12.3. The normalized spacial score (nSPS) is 15.3. The number of nitrogens with one attached hydrogen (secondary N) is 3. The van der Waals surface area contributed by atoms with Crippen LogP contribution in [-0.4, -0.2) is 63.7 Å². The number of quaternary nitrogens is 1. The van der Waals surface area contributed by atoms with Crippen molar-refractivity contribution in [3.63, 3.8) is 0 Å². The summed E-state index contributed by atoms with van der Waals surface area (Å²) in [6.07, 6.45) is 3.32. The van der Waals surface area contributed by atoms with Crippen LogP contribution in [0.3, 0.4) is 0 Å². The first kappa shape index (κ1) is 21.7. The van der Waals surface area contributed by atoms with E-state index in [-0.39, 0.29) is 12.6 Å². The Morgan fingerprint density at radius 3 is 2.43 bits per heavy atom. The van der Waals surface area contributed by atoms with E-state index in [0.717, 1.165) is 29.9 Å². The highest BCUT2D eigenvalue weighted by atomic mass is 16.5. The van der Waals surface area contributed by atoms with Gasteiger partial charge < -0.3 is 25.2 Å². The maximum Gasteiger partial charge on any atom is 0.309 e. The zero-order chi connectivity index (χ0) is 21.3. The summed E-state index contributed by atoms with van der Waals surface area (Å²) in [7, 11) is 4.01. The molecule has 2 aromatic rings. The number of carbonyl (C=O) groups is 2. The lowest BCUT2D eigenvalue weighted by Gasteiger charge is -2.32. The van der Waals surface area contributed by atoms with E-state index in [1.807, 2.05) is 20.2 Å². The number of benzene rings is 1. The van der Waals surface area contributed by atoms with E-state index >= 15 is 0 Å². The minimum Gasteiger partial charge on any atom is -0.378 e. The van der Waals surface area contributed by atoms with Gasteiger partial charge in [-0.25, -0.2) is 0 Å². The van der Waals surface area contributed by atoms with Gasteiger partial charge in [0.15, 0.2) is 0 Å². The third-order valence-electron chi connectivity index (χ3n) is 5.29. The highest BCUT2D eigenvalue weighted by Crippen LogP contribution is 2.16. The molecule has 30 heavy (non-hydrogen) atoms. The minimum atomic E-state index is -0.641. The number of amides is 2. The van der Waals surface area contributed by atoms with Crippen LogP contribution in [0.15, 0.2) is 48.8 Å². The number of hydrogen-bond donors (Lipinski definition) is 3. The third-order valence-corrected chi connectivity index (χ3v) is 5.29. The molecule has 0 bridgehead atoms. The Morgan fingerprint density at radius 2 is 1.80 bits per heavy atom. The predicted molar refractivity (Wildman–Crippen MR) is 114 cm³/mol. The summed E-state index contributed by atoms with van der Waals surface area (Å²) in [6, 6.07) is 12.0. The van der Waals surface area contributed by atoms with E-state index in [0.29, 0.717) is 19.8 Å². The molecule has 2 amide bonds. The summed E-state index contributed by atoms with van der Waals surface area (Å²) in [6.45, 7) is 3.77. The Labute approximate surface area is 177 Å². The van der Waals surface area contributed by atoms with Crippen molar-refractivity contribution < 1.29 is 19.2 Å². The average Bonchev–Trinajstić information content (AvgIpc) is 2.79. The zero-order valence-electron chi connectivity index (χ0n) is 17.6. The Hall–Kier alpha value is -2.97. The van der Waals surface area contributed by atoms with Gasteiger partial charge >= 0.3 is 11.8 Å². The lowest BCUT2D eigenvalue weighted by atomic mass is 10.0. The number of morpholine rings is 1. The first-order chi connectivity index (χ1) is 14.5. The molecule has 8 heteroatoms. The summed E-state index contributed by atoms with van der Waals surface area (Å²) in [5, 5.41) is 5.45. The molecular weight excluding hydrogens is 382 g/mol. The molecule has 1 aromatic heterocycles. The monoisotopic (exact) mass is 412 g/mol. The van der Waals surface area contributed by atoms with Gasteiger partial charge in [-0.1, -0.05) is 18.2 Å². The van der Waals surface area contributed by atoms with Crippen LogP contribution in [0, 0.1) is 0 Å². The molecule has 1 fully saturated rings. The van der Waals surface area contributed by atoms with Crippen LogP contribution in [0.1, 0.15) is 17.2 Å². The number of carbonyl (C=O) groups excluding carboxylic acids is 2. The van der Waals surface area contributed by atoms with Gasteiger partial charge in [0, 0.05) is 44.3 Å². The van der Waals surface area contributed by atoms with Gasteiger partial charge in [-0.15, -0.1) is 0 Å². The molecule has 2 heterocycles. The Kier molecular flexibility index (Phi) is 7.75. The van der Waals surface area contributed by atoms with E-state index in [1.54, 1.807) is 18.5 Å². The molecule has 8 nitrogen and oxygen atoms in total. The largest absolute Gasteiger partial charge is 0.378 e. The number of nitrogens with zero attached hydrogens (tertiary/aromatic N) is 2. The van der Waals surface area contributed by atoms with Crippen molar-refractivity contribution >= 4 is 17.5 Å². The molecule has 1 atom stereocenters. The lowest BCUT2D eigenvalue weighted by molar-refractivity contribution is -0.937. The topological polar surface area (TPSA) is 88.0 Å². The van der Waals surface area contributed by atoms with E-state index < -0.39 is 11.8 Å². The molecule has 0 saturated carbocycles. The van der Waals surface area contributed by atoms with Gasteiger partial charge in [-0.2, -0.15) is 0 Å². The summed E-state index contributed by atoms with van der Waals surface area (Å²) in [4.78, 5) is 31.9. The number of hydrogen-bond acceptors (Lipinski definition) is 5. The van der Waals surface area contributed by atoms with Crippen molar-refractivity contribution in [3.05, 3.63) is 59.9 Å². The minimum absolute atomic E-state index is 0.0557. The van der Waals surface area contributed by atoms with Crippen molar-refractivity contribution in [1.29, 1.82) is 0 Å². The fraction of sp³-hybridized carbons (Fsp3) is 0.409. The molecule has 0 spiro atoms. The van der Waals surface area contributed by atoms with Crippen molar-refractivity contribution in [2.24, 2.45) is 0 Å². The molecule has 0 unspecified atom stereocenters.